The van der Waals surface area contributed by atoms with Crippen molar-refractivity contribution in [3.8, 4) is 23.0 Å². The van der Waals surface area contributed by atoms with Crippen LogP contribution in [0.1, 0.15) is 91.6 Å². The van der Waals surface area contributed by atoms with Gasteiger partial charge in [0, 0.05) is 11.1 Å². The number of benzene rings is 2. The molecular weight excluding hydrogens is 520 g/mol. The maximum atomic E-state index is 13.7. The highest BCUT2D eigenvalue weighted by Gasteiger charge is 2.53. The fraction of sp³-hybridized carbons (Fsp3) is 0.548. The highest BCUT2D eigenvalue weighted by Crippen LogP contribution is 2.57. The molecule has 5 rings (SSSR count). The lowest BCUT2D eigenvalue weighted by molar-refractivity contribution is -0.148. The first-order valence-corrected chi connectivity index (χ1v) is 14.1. The zero-order chi connectivity index (χ0) is 28.2. The van der Waals surface area contributed by atoms with Crippen LogP contribution in [-0.2, 0) is 16.1 Å². The molecule has 0 aromatic heterocycles. The van der Waals surface area contributed by atoms with Crippen molar-refractivity contribution >= 4 is 23.5 Å². The Bertz CT molecular complexity index is 1330. The van der Waals surface area contributed by atoms with E-state index < -0.39 is 17.5 Å². The number of aliphatic hydroxyl groups excluding tert-OH is 1. The van der Waals surface area contributed by atoms with E-state index in [1.54, 1.807) is 12.1 Å². The van der Waals surface area contributed by atoms with Crippen molar-refractivity contribution in [1.82, 2.24) is 0 Å². The normalized spacial score (nSPS) is 24.3. The molecule has 0 spiro atoms. The molecule has 2 bridgehead atoms. The largest absolute Gasteiger partial charge is 0.495 e. The number of rotatable bonds is 6. The lowest BCUT2D eigenvalue weighted by Crippen LogP contribution is -2.37. The van der Waals surface area contributed by atoms with Crippen LogP contribution in [0, 0.1) is 37.0 Å². The predicted octanol–water partition coefficient (Wildman–Crippen LogP) is 7.24. The van der Waals surface area contributed by atoms with Crippen LogP contribution in [0.15, 0.2) is 12.1 Å². The molecule has 0 amide bonds. The van der Waals surface area contributed by atoms with Gasteiger partial charge in [0.25, 0.3) is 0 Å². The molecule has 1 heterocycles. The number of hydrogen-bond donors (Lipinski definition) is 1. The Kier molecular flexibility index (Phi) is 7.36. The Morgan fingerprint density at radius 2 is 1.95 bits per heavy atom. The van der Waals surface area contributed by atoms with Gasteiger partial charge < -0.3 is 24.1 Å². The minimum absolute atomic E-state index is 0.0650. The Morgan fingerprint density at radius 1 is 1.21 bits per heavy atom. The molecule has 4 atom stereocenters. The zero-order valence-corrected chi connectivity index (χ0v) is 24.2. The van der Waals surface area contributed by atoms with E-state index in [1.807, 2.05) is 34.6 Å². The minimum atomic E-state index is -0.839. The number of fused-ring (bicyclic) bond motifs is 4. The molecule has 39 heavy (non-hydrogen) atoms. The predicted molar refractivity (Wildman–Crippen MR) is 147 cm³/mol. The summed E-state index contributed by atoms with van der Waals surface area (Å²) in [6, 6.07) is 3.29. The minimum Gasteiger partial charge on any atom is -0.495 e. The third kappa shape index (κ3) is 4.67. The number of halogens is 1. The first-order chi connectivity index (χ1) is 18.5. The molecule has 8 heteroatoms. The molecule has 2 saturated carbocycles. The van der Waals surface area contributed by atoms with E-state index in [0.717, 1.165) is 36.8 Å². The molecule has 1 aliphatic heterocycles. The average molecular weight is 557 g/mol. The fourth-order valence-electron chi connectivity index (χ4n) is 6.64. The van der Waals surface area contributed by atoms with Crippen molar-refractivity contribution in [2.24, 2.45) is 23.2 Å². The molecule has 2 aromatic rings. The van der Waals surface area contributed by atoms with Gasteiger partial charge in [0.15, 0.2) is 11.5 Å². The summed E-state index contributed by atoms with van der Waals surface area (Å²) in [5.74, 6) is 0.872. The van der Waals surface area contributed by atoms with Gasteiger partial charge in [0.2, 0.25) is 0 Å². The monoisotopic (exact) mass is 556 g/mol. The van der Waals surface area contributed by atoms with Gasteiger partial charge >= 0.3 is 11.9 Å². The Morgan fingerprint density at radius 3 is 2.56 bits per heavy atom. The van der Waals surface area contributed by atoms with Crippen molar-refractivity contribution in [3.05, 3.63) is 45.0 Å². The molecule has 210 valence electrons. The van der Waals surface area contributed by atoms with Gasteiger partial charge in [-0.25, -0.2) is 4.79 Å². The molecular formula is C31H37ClO7. The maximum absolute atomic E-state index is 13.7. The van der Waals surface area contributed by atoms with E-state index in [4.69, 9.17) is 30.5 Å². The topological polar surface area (TPSA) is 91.3 Å². The first kappa shape index (κ1) is 27.8. The van der Waals surface area contributed by atoms with Gasteiger partial charge in [-0.05, 0) is 87.5 Å². The highest BCUT2D eigenvalue weighted by molar-refractivity contribution is 6.33. The second-order valence-corrected chi connectivity index (χ2v) is 12.4. The van der Waals surface area contributed by atoms with Crippen LogP contribution < -0.4 is 14.2 Å². The molecule has 7 nitrogen and oxygen atoms in total. The quantitative estimate of drug-likeness (QED) is 0.296. The fourth-order valence-corrected chi connectivity index (χ4v) is 6.91. The highest BCUT2D eigenvalue weighted by atomic mass is 35.5. The van der Waals surface area contributed by atoms with E-state index in [-0.39, 0.29) is 52.1 Å². The number of methoxy groups -OCH3 is 1. The molecule has 2 aromatic carbocycles. The summed E-state index contributed by atoms with van der Waals surface area (Å²) in [5.41, 5.74) is 2.05. The van der Waals surface area contributed by atoms with Crippen molar-refractivity contribution in [3.63, 3.8) is 0 Å². The number of carbonyl (C=O) groups excluding carboxylic acids is 2. The van der Waals surface area contributed by atoms with Crippen LogP contribution in [0.4, 0.5) is 0 Å². The maximum Gasteiger partial charge on any atom is 0.346 e. The Hall–Kier alpha value is -2.77. The summed E-state index contributed by atoms with van der Waals surface area (Å²) in [6.07, 6.45) is 3.70. The number of aliphatic hydroxyl groups is 1. The third-order valence-corrected chi connectivity index (χ3v) is 9.47. The summed E-state index contributed by atoms with van der Waals surface area (Å²) in [6.45, 7) is 9.61. The number of esters is 2. The van der Waals surface area contributed by atoms with Gasteiger partial charge in [0.1, 0.15) is 23.7 Å². The first-order valence-electron chi connectivity index (χ1n) is 13.7. The van der Waals surface area contributed by atoms with Crippen molar-refractivity contribution in [2.75, 3.05) is 7.11 Å². The van der Waals surface area contributed by atoms with Crippen molar-refractivity contribution < 1.29 is 33.6 Å². The molecule has 0 unspecified atom stereocenters. The van der Waals surface area contributed by atoms with Crippen LogP contribution in [0.5, 0.6) is 23.0 Å². The smallest absolute Gasteiger partial charge is 0.346 e. The molecule has 2 fully saturated rings. The summed E-state index contributed by atoms with van der Waals surface area (Å²) >= 11 is 6.81. The Labute approximate surface area is 234 Å². The van der Waals surface area contributed by atoms with Crippen LogP contribution in [0.25, 0.3) is 0 Å². The molecule has 0 saturated heterocycles. The van der Waals surface area contributed by atoms with Crippen LogP contribution in [0.2, 0.25) is 5.02 Å². The number of cyclic esters (lactones) is 1. The molecule has 0 radical (unpaired) electrons. The molecule has 1 N–H and O–H groups in total. The van der Waals surface area contributed by atoms with Gasteiger partial charge in [-0.3, -0.25) is 4.79 Å². The zero-order valence-electron chi connectivity index (χ0n) is 23.5. The molecule has 3 aliphatic rings. The summed E-state index contributed by atoms with van der Waals surface area (Å²) in [7, 11) is 1.44. The van der Waals surface area contributed by atoms with Gasteiger partial charge in [-0.15, -0.1) is 0 Å². The van der Waals surface area contributed by atoms with E-state index in [1.165, 1.54) is 7.11 Å². The Balaban J connectivity index is 1.60. The van der Waals surface area contributed by atoms with E-state index in [9.17, 15) is 14.7 Å². The standard InChI is InChI=1S/C31H37ClO7/c1-15(2)11-22(33)20-9-10-23-24(26(20)36-6)29(34)37-14-21-16(3)17(4)25(32)28(27(21)38-23)39-30(35)31(5)13-18-7-8-19(31)12-18/h9-10,15,18-19,22,33H,7-8,11-14H2,1-6H3/t18-,19+,22+,31-/m1/s1. The lowest BCUT2D eigenvalue weighted by atomic mass is 9.75. The van der Waals surface area contributed by atoms with Crippen LogP contribution in [-0.4, -0.2) is 24.2 Å². The average Bonchev–Trinajstić information content (AvgIpc) is 3.48. The van der Waals surface area contributed by atoms with E-state index in [0.29, 0.717) is 29.4 Å². The van der Waals surface area contributed by atoms with E-state index >= 15 is 0 Å². The van der Waals surface area contributed by atoms with E-state index in [2.05, 4.69) is 0 Å². The summed E-state index contributed by atoms with van der Waals surface area (Å²) in [4.78, 5) is 26.9. The number of hydrogen-bond acceptors (Lipinski definition) is 7. The summed E-state index contributed by atoms with van der Waals surface area (Å²) < 4.78 is 23.9. The third-order valence-electron chi connectivity index (χ3n) is 9.01. The van der Waals surface area contributed by atoms with Crippen molar-refractivity contribution in [1.29, 1.82) is 0 Å². The summed E-state index contributed by atoms with van der Waals surface area (Å²) in [5, 5.41) is 11.1. The van der Waals surface area contributed by atoms with Gasteiger partial charge in [-0.1, -0.05) is 31.9 Å². The number of ether oxygens (including phenoxy) is 4. The van der Waals surface area contributed by atoms with Crippen LogP contribution in [0.3, 0.4) is 0 Å². The van der Waals surface area contributed by atoms with Gasteiger partial charge in [0.05, 0.1) is 23.7 Å². The van der Waals surface area contributed by atoms with Crippen LogP contribution >= 0.6 is 11.6 Å². The van der Waals surface area contributed by atoms with Crippen molar-refractivity contribution in [2.45, 2.75) is 79.4 Å². The molecule has 2 aliphatic carbocycles. The second-order valence-electron chi connectivity index (χ2n) is 12.0. The number of carbonyl (C=O) groups is 2. The second kappa shape index (κ2) is 10.3. The lowest BCUT2D eigenvalue weighted by Gasteiger charge is -2.32. The SMILES string of the molecule is COc1c([C@@H](O)CC(C)C)ccc2c1C(=O)OCc1c(C)c(C)c(Cl)c(OC(=O)[C@]3(C)C[C@@H]4CC[C@H]3C4)c1O2. The van der Waals surface area contributed by atoms with Gasteiger partial charge in [-0.2, -0.15) is 0 Å².